The molecule has 2 amide bonds. The lowest BCUT2D eigenvalue weighted by Crippen LogP contribution is -2.56. The quantitative estimate of drug-likeness (QED) is 0.0411. The summed E-state index contributed by atoms with van der Waals surface area (Å²) in [6.45, 7) is 3.88. The molecule has 0 unspecified atom stereocenters. The van der Waals surface area contributed by atoms with Crippen molar-refractivity contribution in [2.24, 2.45) is 0 Å². The second-order valence-corrected chi connectivity index (χ2v) is 14.4. The molecule has 0 radical (unpaired) electrons. The number of anilines is 1. The maximum absolute atomic E-state index is 13.9. The molecule has 3 aromatic heterocycles. The number of nitrogens with two attached hydrogens (primary N) is 1. The van der Waals surface area contributed by atoms with Gasteiger partial charge in [0.2, 0.25) is 0 Å². The number of aryl methyl sites for hydroxylation is 2. The fourth-order valence-corrected chi connectivity index (χ4v) is 7.52. The SMILES string of the molecule is CCn1c(CNC(=O)c2nc3cc[nH]c3nc2N)[n+](CC)c2ccc(C(=O)N3CCC(N(C[C@H](O)[C@@H](O)[C@H](O)[C@H](O)CO)C[C@H](O)[C@@H](O)[C@H](O)CCO)CC3)cc21. The molecule has 13 N–H and O–H groups in total. The van der Waals surface area contributed by atoms with Crippen LogP contribution in [0.2, 0.25) is 0 Å². The van der Waals surface area contributed by atoms with E-state index in [0.29, 0.717) is 42.7 Å². The Balaban J connectivity index is 1.30. The first-order chi connectivity index (χ1) is 27.2. The Labute approximate surface area is 328 Å². The number of piperidine rings is 1. The van der Waals surface area contributed by atoms with E-state index in [1.807, 2.05) is 30.5 Å². The average Bonchev–Trinajstić information content (AvgIpc) is 3.81. The van der Waals surface area contributed by atoms with Gasteiger partial charge < -0.3 is 66.9 Å². The molecule has 4 heterocycles. The normalized spacial score (nSPS) is 17.8. The van der Waals surface area contributed by atoms with Gasteiger partial charge in [-0.05, 0) is 51.3 Å². The maximum atomic E-state index is 13.9. The van der Waals surface area contributed by atoms with Gasteiger partial charge in [-0.3, -0.25) is 14.5 Å². The molecule has 7 atom stereocenters. The predicted octanol–water partition coefficient (Wildman–Crippen LogP) is -3.44. The zero-order valence-electron chi connectivity index (χ0n) is 32.1. The molecule has 20 nitrogen and oxygen atoms in total. The molecule has 1 aliphatic rings. The third-order valence-corrected chi connectivity index (χ3v) is 10.7. The van der Waals surface area contributed by atoms with Crippen LogP contribution in [0.15, 0.2) is 30.5 Å². The van der Waals surface area contributed by atoms with E-state index >= 15 is 0 Å². The molecule has 0 saturated carbocycles. The number of rotatable bonds is 19. The molecule has 0 aliphatic carbocycles. The van der Waals surface area contributed by atoms with Crippen molar-refractivity contribution in [3.63, 3.8) is 0 Å². The Morgan fingerprint density at radius 3 is 2.25 bits per heavy atom. The monoisotopic (exact) mass is 802 g/mol. The molecule has 57 heavy (non-hydrogen) atoms. The van der Waals surface area contributed by atoms with Gasteiger partial charge in [-0.2, -0.15) is 0 Å². The number of amides is 2. The third kappa shape index (κ3) is 9.69. The standard InChI is InChI=1S/C37H55N9O11/c1-3-45-23-6-5-20(15-24(23)46(4-2)29(45)16-40-36(56)30-34(38)42-35-22(41-30)7-11-39-35)37(57)43-12-8-21(9-13-43)44(17-26(50)31(53)25(49)10-14-47)18-27(51)32(54)33(55)28(52)19-48/h5-7,11,15,21,25-28,31-33,47-55H,3-4,8-10,12-14,16-19H2,1-2H3,(H3-,38,39,40,41,42,56)/p+1/t25-,26+,27+,28-,31+,32-,33-/m1/s1. The van der Waals surface area contributed by atoms with Crippen LogP contribution in [-0.4, -0.2) is 175 Å². The molecule has 20 heteroatoms. The second-order valence-electron chi connectivity index (χ2n) is 14.4. The van der Waals surface area contributed by atoms with Crippen molar-refractivity contribution in [3.05, 3.63) is 47.5 Å². The Morgan fingerprint density at radius 1 is 0.947 bits per heavy atom. The number of nitrogen functional groups attached to an aromatic ring is 1. The molecule has 0 bridgehead atoms. The number of aliphatic hydroxyl groups excluding tert-OH is 9. The van der Waals surface area contributed by atoms with Gasteiger partial charge >= 0.3 is 0 Å². The predicted molar refractivity (Wildman–Crippen MR) is 204 cm³/mol. The number of nitrogens with one attached hydrogen (secondary N) is 2. The number of carbonyl (C=O) groups is 2. The molecule has 1 aliphatic heterocycles. The van der Waals surface area contributed by atoms with E-state index in [1.165, 1.54) is 0 Å². The lowest BCUT2D eigenvalue weighted by atomic mass is 9.97. The van der Waals surface area contributed by atoms with Crippen LogP contribution in [0.1, 0.15) is 59.8 Å². The van der Waals surface area contributed by atoms with Gasteiger partial charge in [-0.1, -0.05) is 0 Å². The summed E-state index contributed by atoms with van der Waals surface area (Å²) in [6, 6.07) is 6.75. The van der Waals surface area contributed by atoms with Crippen LogP contribution >= 0.6 is 0 Å². The van der Waals surface area contributed by atoms with E-state index in [4.69, 9.17) is 10.8 Å². The van der Waals surface area contributed by atoms with Crippen LogP contribution in [0.25, 0.3) is 22.2 Å². The molecule has 1 fully saturated rings. The molecule has 1 saturated heterocycles. The summed E-state index contributed by atoms with van der Waals surface area (Å²) in [5.74, 6) is 0.0886. The molecule has 5 rings (SSSR count). The summed E-state index contributed by atoms with van der Waals surface area (Å²) in [5, 5.41) is 94.0. The van der Waals surface area contributed by atoms with E-state index < -0.39 is 61.8 Å². The van der Waals surface area contributed by atoms with E-state index in [-0.39, 0.29) is 62.6 Å². The fraction of sp³-hybridized carbons (Fsp3) is 0.595. The summed E-state index contributed by atoms with van der Waals surface area (Å²) in [6.07, 6.45) is -9.53. The third-order valence-electron chi connectivity index (χ3n) is 10.7. The van der Waals surface area contributed by atoms with Crippen LogP contribution in [-0.2, 0) is 19.6 Å². The Morgan fingerprint density at radius 2 is 1.61 bits per heavy atom. The Hall–Kier alpha value is -4.35. The highest BCUT2D eigenvalue weighted by atomic mass is 16.4. The lowest BCUT2D eigenvalue weighted by molar-refractivity contribution is -0.676. The number of nitrogens with zero attached hydrogens (tertiary/aromatic N) is 6. The largest absolute Gasteiger partial charge is 0.396 e. The van der Waals surface area contributed by atoms with Crippen LogP contribution < -0.4 is 15.6 Å². The van der Waals surface area contributed by atoms with E-state index in [2.05, 4.69) is 24.8 Å². The minimum absolute atomic E-state index is 0.00145. The van der Waals surface area contributed by atoms with Crippen molar-refractivity contribution in [1.29, 1.82) is 0 Å². The minimum atomic E-state index is -1.87. The first kappa shape index (κ1) is 43.8. The van der Waals surface area contributed by atoms with Crippen molar-refractivity contribution >= 4 is 39.8 Å². The number of aliphatic hydroxyl groups is 9. The van der Waals surface area contributed by atoms with E-state index in [1.54, 1.807) is 28.1 Å². The van der Waals surface area contributed by atoms with Crippen LogP contribution in [0.3, 0.4) is 0 Å². The highest BCUT2D eigenvalue weighted by molar-refractivity contribution is 5.98. The van der Waals surface area contributed by atoms with Gasteiger partial charge in [-0.25, -0.2) is 19.1 Å². The summed E-state index contributed by atoms with van der Waals surface area (Å²) < 4.78 is 4.08. The van der Waals surface area contributed by atoms with Gasteiger partial charge in [0.1, 0.15) is 36.5 Å². The highest BCUT2D eigenvalue weighted by Gasteiger charge is 2.37. The summed E-state index contributed by atoms with van der Waals surface area (Å²) in [4.78, 5) is 41.9. The van der Waals surface area contributed by atoms with Gasteiger partial charge in [0.25, 0.3) is 17.6 Å². The molecular weight excluding hydrogens is 746 g/mol. The number of fused-ring (bicyclic) bond motifs is 2. The van der Waals surface area contributed by atoms with E-state index in [9.17, 15) is 50.4 Å². The van der Waals surface area contributed by atoms with Crippen LogP contribution in [0, 0.1) is 0 Å². The zero-order chi connectivity index (χ0) is 41.6. The number of hydrogen-bond donors (Lipinski definition) is 12. The first-order valence-electron chi connectivity index (χ1n) is 19.2. The summed E-state index contributed by atoms with van der Waals surface area (Å²) in [5.41, 5.74) is 9.14. The molecular formula is C37H56N9O11+. The van der Waals surface area contributed by atoms with Gasteiger partial charge in [0.15, 0.2) is 28.2 Å². The Kier molecular flexibility index (Phi) is 14.9. The maximum Gasteiger partial charge on any atom is 0.277 e. The lowest BCUT2D eigenvalue weighted by Gasteiger charge is -2.41. The van der Waals surface area contributed by atoms with Crippen molar-refractivity contribution in [2.45, 2.75) is 102 Å². The van der Waals surface area contributed by atoms with Gasteiger partial charge in [0, 0.05) is 56.7 Å². The number of H-pyrrole nitrogens is 1. The molecule has 314 valence electrons. The van der Waals surface area contributed by atoms with Crippen LogP contribution in [0.4, 0.5) is 5.82 Å². The fourth-order valence-electron chi connectivity index (χ4n) is 7.52. The first-order valence-corrected chi connectivity index (χ1v) is 19.2. The minimum Gasteiger partial charge on any atom is -0.396 e. The van der Waals surface area contributed by atoms with Crippen molar-refractivity contribution in [3.8, 4) is 0 Å². The number of aromatic nitrogens is 5. The average molecular weight is 803 g/mol. The number of benzene rings is 1. The zero-order valence-corrected chi connectivity index (χ0v) is 32.1. The van der Waals surface area contributed by atoms with Gasteiger partial charge in [-0.15, -0.1) is 0 Å². The van der Waals surface area contributed by atoms with Crippen molar-refractivity contribution in [1.82, 2.24) is 34.6 Å². The smallest absolute Gasteiger partial charge is 0.277 e. The van der Waals surface area contributed by atoms with Crippen molar-refractivity contribution in [2.75, 3.05) is 45.1 Å². The van der Waals surface area contributed by atoms with E-state index in [0.717, 1.165) is 16.9 Å². The number of aromatic amines is 1. The molecule has 1 aromatic carbocycles. The molecule has 4 aromatic rings. The number of imidazole rings is 1. The van der Waals surface area contributed by atoms with Gasteiger partial charge in [0.05, 0.1) is 38.0 Å². The highest BCUT2D eigenvalue weighted by Crippen LogP contribution is 2.24. The summed E-state index contributed by atoms with van der Waals surface area (Å²) in [7, 11) is 0. The van der Waals surface area contributed by atoms with Crippen molar-refractivity contribution < 1.29 is 60.1 Å². The number of hydrogen-bond acceptors (Lipinski definition) is 15. The molecule has 0 spiro atoms. The number of likely N-dealkylation sites (tertiary alicyclic amines) is 1. The second kappa shape index (κ2) is 19.4. The summed E-state index contributed by atoms with van der Waals surface area (Å²) >= 11 is 0. The topological polar surface area (TPSA) is 311 Å². The number of carbonyl (C=O) groups excluding carboxylic acids is 2. The Bertz CT molecular complexity index is 1970. The van der Waals surface area contributed by atoms with Crippen LogP contribution in [0.5, 0.6) is 0 Å².